The van der Waals surface area contributed by atoms with Crippen LogP contribution in [-0.4, -0.2) is 69.1 Å². The number of morpholine rings is 1. The molecule has 2 rings (SSSR count). The maximum atomic E-state index is 12.4. The van der Waals surface area contributed by atoms with Crippen LogP contribution >= 0.6 is 0 Å². The van der Waals surface area contributed by atoms with Gasteiger partial charge in [0.05, 0.1) is 13.2 Å². The van der Waals surface area contributed by atoms with Crippen molar-refractivity contribution < 1.29 is 22.6 Å². The third-order valence-corrected chi connectivity index (χ3v) is 7.47. The van der Waals surface area contributed by atoms with Gasteiger partial charge in [-0.25, -0.2) is 0 Å². The third-order valence-electron chi connectivity index (χ3n) is 7.47. The van der Waals surface area contributed by atoms with E-state index < -0.39 is 6.36 Å². The molecule has 0 bridgehead atoms. The minimum absolute atomic E-state index is 0.218. The molecular formula is C33H56F3N3O2. The number of ether oxygens (including phenoxy) is 2. The Morgan fingerprint density at radius 3 is 2.10 bits per heavy atom. The summed E-state index contributed by atoms with van der Waals surface area (Å²) in [6.45, 7) is 25.0. The van der Waals surface area contributed by atoms with E-state index in [1.807, 2.05) is 18.9 Å². The number of hydrogen-bond acceptors (Lipinski definition) is 5. The SMILES string of the molecule is CC/C=C(\C=C(\C)N(C)c1ccc(OC(F)(F)F)cc1)N(CC(C)C)CC(C)C(C)CC.CCCN1CCOCC1. The molecule has 2 unspecified atom stereocenters. The normalized spacial score (nSPS) is 16.6. The fourth-order valence-electron chi connectivity index (χ4n) is 4.67. The molecule has 1 saturated heterocycles. The van der Waals surface area contributed by atoms with Crippen LogP contribution in [0.15, 0.2) is 47.8 Å². The summed E-state index contributed by atoms with van der Waals surface area (Å²) in [4.78, 5) is 6.90. The number of rotatable bonds is 14. The van der Waals surface area contributed by atoms with Gasteiger partial charge >= 0.3 is 6.36 Å². The zero-order valence-corrected chi connectivity index (χ0v) is 27.1. The van der Waals surface area contributed by atoms with Crippen molar-refractivity contribution in [1.82, 2.24) is 9.80 Å². The van der Waals surface area contributed by atoms with Crippen LogP contribution in [0, 0.1) is 17.8 Å². The standard InChI is InChI=1S/C26H41F3N2O.C7H15NO/c1-9-11-24(31(17-19(3)4)18-21(6)20(5)10-2)16-22(7)30(8)23-12-14-25(15-13-23)32-26(27,28)29;1-2-3-8-4-6-9-7-5-8/h11-16,19-21H,9-10,17-18H2,1-8H3;2-7H2,1H3/b22-16-,24-11+;. The van der Waals surface area contributed by atoms with E-state index in [0.717, 1.165) is 63.6 Å². The van der Waals surface area contributed by atoms with Crippen LogP contribution in [-0.2, 0) is 4.74 Å². The quantitative estimate of drug-likeness (QED) is 0.205. The Morgan fingerprint density at radius 1 is 1.00 bits per heavy atom. The lowest BCUT2D eigenvalue weighted by atomic mass is 9.92. The van der Waals surface area contributed by atoms with Crippen LogP contribution in [0.2, 0.25) is 0 Å². The van der Waals surface area contributed by atoms with E-state index >= 15 is 0 Å². The van der Waals surface area contributed by atoms with Crippen molar-refractivity contribution in [3.63, 3.8) is 0 Å². The number of anilines is 1. The predicted molar refractivity (Wildman–Crippen MR) is 166 cm³/mol. The highest BCUT2D eigenvalue weighted by molar-refractivity contribution is 5.53. The van der Waals surface area contributed by atoms with Crippen LogP contribution in [0.5, 0.6) is 5.75 Å². The first kappa shape index (κ1) is 36.8. The maximum Gasteiger partial charge on any atom is 0.573 e. The van der Waals surface area contributed by atoms with Gasteiger partial charge in [0.25, 0.3) is 0 Å². The molecule has 1 heterocycles. The largest absolute Gasteiger partial charge is 0.573 e. The second kappa shape index (κ2) is 19.1. The first-order valence-electron chi connectivity index (χ1n) is 15.3. The van der Waals surface area contributed by atoms with Crippen LogP contribution in [0.3, 0.4) is 0 Å². The van der Waals surface area contributed by atoms with Crippen molar-refractivity contribution in [2.75, 3.05) is 57.9 Å². The molecule has 0 spiro atoms. The van der Waals surface area contributed by atoms with E-state index in [1.54, 1.807) is 12.1 Å². The topological polar surface area (TPSA) is 28.2 Å². The van der Waals surface area contributed by atoms with Crippen LogP contribution in [0.4, 0.5) is 18.9 Å². The predicted octanol–water partition coefficient (Wildman–Crippen LogP) is 8.59. The molecule has 1 fully saturated rings. The zero-order valence-electron chi connectivity index (χ0n) is 27.1. The summed E-state index contributed by atoms with van der Waals surface area (Å²) in [5.41, 5.74) is 3.00. The molecule has 236 valence electrons. The van der Waals surface area contributed by atoms with Gasteiger partial charge in [-0.3, -0.25) is 4.90 Å². The number of benzene rings is 1. The Morgan fingerprint density at radius 2 is 1.61 bits per heavy atom. The number of halogens is 3. The Bertz CT molecular complexity index is 891. The molecule has 8 heteroatoms. The van der Waals surface area contributed by atoms with Gasteiger partial charge in [0.1, 0.15) is 5.75 Å². The van der Waals surface area contributed by atoms with E-state index in [-0.39, 0.29) is 5.75 Å². The Labute approximate surface area is 248 Å². The molecule has 0 radical (unpaired) electrons. The number of nitrogens with zero attached hydrogens (tertiary/aromatic N) is 3. The average molecular weight is 584 g/mol. The van der Waals surface area contributed by atoms with Crippen molar-refractivity contribution in [2.45, 2.75) is 81.0 Å². The van der Waals surface area contributed by atoms with Crippen molar-refractivity contribution in [1.29, 1.82) is 0 Å². The molecule has 0 amide bonds. The van der Waals surface area contributed by atoms with Crippen molar-refractivity contribution in [2.24, 2.45) is 17.8 Å². The van der Waals surface area contributed by atoms with Gasteiger partial charge in [0.2, 0.25) is 0 Å². The van der Waals surface area contributed by atoms with Gasteiger partial charge in [-0.15, -0.1) is 13.2 Å². The lowest BCUT2D eigenvalue weighted by molar-refractivity contribution is -0.274. The molecule has 0 N–H and O–H groups in total. The second-order valence-corrected chi connectivity index (χ2v) is 11.5. The molecule has 1 aromatic rings. The molecule has 1 aliphatic heterocycles. The van der Waals surface area contributed by atoms with E-state index in [2.05, 4.69) is 75.2 Å². The summed E-state index contributed by atoms with van der Waals surface area (Å²) in [5.74, 6) is 1.54. The Hall–Kier alpha value is -2.19. The third kappa shape index (κ3) is 15.0. The fraction of sp³-hybridized carbons (Fsp3) is 0.697. The van der Waals surface area contributed by atoms with Crippen molar-refractivity contribution >= 4 is 5.69 Å². The molecule has 0 aliphatic carbocycles. The summed E-state index contributed by atoms with van der Waals surface area (Å²) in [5, 5.41) is 0. The first-order chi connectivity index (χ1) is 19.3. The van der Waals surface area contributed by atoms with Crippen LogP contribution < -0.4 is 9.64 Å². The van der Waals surface area contributed by atoms with Crippen LogP contribution in [0.1, 0.15) is 74.7 Å². The highest BCUT2D eigenvalue weighted by Crippen LogP contribution is 2.27. The van der Waals surface area contributed by atoms with E-state index in [9.17, 15) is 13.2 Å². The molecule has 1 aliphatic rings. The van der Waals surface area contributed by atoms with Gasteiger partial charge in [0, 0.05) is 50.3 Å². The van der Waals surface area contributed by atoms with Gasteiger partial charge in [-0.2, -0.15) is 0 Å². The summed E-state index contributed by atoms with van der Waals surface area (Å²) in [7, 11) is 1.92. The average Bonchev–Trinajstić information content (AvgIpc) is 2.92. The molecule has 41 heavy (non-hydrogen) atoms. The first-order valence-corrected chi connectivity index (χ1v) is 15.3. The molecule has 0 aromatic heterocycles. The van der Waals surface area contributed by atoms with Gasteiger partial charge < -0.3 is 19.3 Å². The highest BCUT2D eigenvalue weighted by atomic mass is 19.4. The zero-order chi connectivity index (χ0) is 31.0. The molecular weight excluding hydrogens is 527 g/mol. The van der Waals surface area contributed by atoms with E-state index in [4.69, 9.17) is 4.74 Å². The second-order valence-electron chi connectivity index (χ2n) is 11.5. The number of alkyl halides is 3. The summed E-state index contributed by atoms with van der Waals surface area (Å²) in [6, 6.07) is 5.96. The highest BCUT2D eigenvalue weighted by Gasteiger charge is 2.31. The summed E-state index contributed by atoms with van der Waals surface area (Å²) < 4.78 is 46.4. The van der Waals surface area contributed by atoms with Crippen molar-refractivity contribution in [3.8, 4) is 5.75 Å². The number of allylic oxidation sites excluding steroid dienone is 3. The van der Waals surface area contributed by atoms with Gasteiger partial charge in [-0.1, -0.05) is 61.0 Å². The molecule has 0 saturated carbocycles. The lowest BCUT2D eigenvalue weighted by Gasteiger charge is -2.33. The number of hydrogen-bond donors (Lipinski definition) is 0. The Kier molecular flexibility index (Phi) is 17.1. The summed E-state index contributed by atoms with van der Waals surface area (Å²) in [6.07, 6.45) is 3.10. The monoisotopic (exact) mass is 583 g/mol. The molecule has 2 atom stereocenters. The van der Waals surface area contributed by atoms with Gasteiger partial charge in [0.15, 0.2) is 0 Å². The smallest absolute Gasteiger partial charge is 0.406 e. The molecule has 5 nitrogen and oxygen atoms in total. The maximum absolute atomic E-state index is 12.4. The van der Waals surface area contributed by atoms with Gasteiger partial charge in [-0.05, 0) is 74.4 Å². The minimum Gasteiger partial charge on any atom is -0.406 e. The van der Waals surface area contributed by atoms with Crippen molar-refractivity contribution in [3.05, 3.63) is 47.8 Å². The lowest BCUT2D eigenvalue weighted by Crippen LogP contribution is -2.36. The van der Waals surface area contributed by atoms with E-state index in [1.165, 1.54) is 30.8 Å². The van der Waals surface area contributed by atoms with E-state index in [0.29, 0.717) is 17.8 Å². The fourth-order valence-corrected chi connectivity index (χ4v) is 4.67. The molecule has 1 aromatic carbocycles. The Balaban J connectivity index is 0.000000787. The van der Waals surface area contributed by atoms with Crippen LogP contribution in [0.25, 0.3) is 0 Å². The minimum atomic E-state index is -4.69. The summed E-state index contributed by atoms with van der Waals surface area (Å²) >= 11 is 0.